The first-order chi connectivity index (χ1) is 11.6. The molecular weight excluding hydrogens is 340 g/mol. The van der Waals surface area contributed by atoms with Gasteiger partial charge in [0.1, 0.15) is 13.3 Å². The van der Waals surface area contributed by atoms with Crippen molar-refractivity contribution in [2.24, 2.45) is 0 Å². The van der Waals surface area contributed by atoms with Gasteiger partial charge in [-0.25, -0.2) is 18.6 Å². The molecule has 1 heterocycles. The van der Waals surface area contributed by atoms with E-state index in [-0.39, 0.29) is 12.4 Å². The maximum atomic E-state index is 12.8. The molecule has 0 spiro atoms. The highest BCUT2D eigenvalue weighted by molar-refractivity contribution is 6.30. The second kappa shape index (κ2) is 9.02. The summed E-state index contributed by atoms with van der Waals surface area (Å²) in [5.41, 5.74) is 1.27. The van der Waals surface area contributed by atoms with Crippen LogP contribution in [0.25, 0.3) is 0 Å². The van der Waals surface area contributed by atoms with Crippen LogP contribution in [0, 0.1) is 0 Å². The lowest BCUT2D eigenvalue weighted by molar-refractivity contribution is 0.162. The molecule has 0 saturated heterocycles. The number of carbonyl (C=O) groups excluding carboxylic acids is 1. The number of benzene rings is 1. The van der Waals surface area contributed by atoms with E-state index in [1.54, 1.807) is 36.4 Å². The lowest BCUT2D eigenvalue weighted by Gasteiger charge is -2.10. The summed E-state index contributed by atoms with van der Waals surface area (Å²) in [6.07, 6.45) is -0.221. The maximum Gasteiger partial charge on any atom is 0.319 e. The highest BCUT2D eigenvalue weighted by Crippen LogP contribution is 2.15. The third-order valence-electron chi connectivity index (χ3n) is 2.91. The highest BCUT2D eigenvalue weighted by atomic mass is 35.5. The van der Waals surface area contributed by atoms with Gasteiger partial charge in [-0.15, -0.1) is 0 Å². The number of hydrogen-bond acceptors (Lipinski definition) is 3. The first-order valence-electron chi connectivity index (χ1n) is 7.15. The van der Waals surface area contributed by atoms with E-state index in [2.05, 4.69) is 15.6 Å². The number of amides is 2. The Morgan fingerprint density at radius 3 is 2.92 bits per heavy atom. The number of anilines is 1. The highest BCUT2D eigenvalue weighted by Gasteiger charge is 2.08. The van der Waals surface area contributed by atoms with Crippen molar-refractivity contribution in [3.8, 4) is 5.88 Å². The number of nitrogens with one attached hydrogen (secondary N) is 2. The number of nitrogens with zero attached hydrogens (tertiary/aromatic N) is 1. The van der Waals surface area contributed by atoms with Gasteiger partial charge in [0.25, 0.3) is 0 Å². The minimum absolute atomic E-state index is 0.167. The Hall–Kier alpha value is -2.41. The van der Waals surface area contributed by atoms with Crippen LogP contribution in [-0.2, 0) is 6.54 Å². The molecule has 0 aliphatic rings. The third-order valence-corrected chi connectivity index (χ3v) is 3.15. The van der Waals surface area contributed by atoms with Gasteiger partial charge in [-0.05, 0) is 29.8 Å². The van der Waals surface area contributed by atoms with Crippen LogP contribution in [-0.4, -0.2) is 30.5 Å². The zero-order valence-electron chi connectivity index (χ0n) is 12.6. The first-order valence-corrected chi connectivity index (χ1v) is 7.53. The monoisotopic (exact) mass is 355 g/mol. The van der Waals surface area contributed by atoms with Crippen molar-refractivity contribution in [1.82, 2.24) is 10.3 Å². The Balaban J connectivity index is 1.84. The summed E-state index contributed by atoms with van der Waals surface area (Å²) in [6, 6.07) is 9.57. The van der Waals surface area contributed by atoms with Crippen LogP contribution < -0.4 is 15.4 Å². The van der Waals surface area contributed by atoms with Crippen LogP contribution in [0.15, 0.2) is 42.6 Å². The molecule has 2 amide bonds. The molecule has 0 bridgehead atoms. The Kier molecular flexibility index (Phi) is 6.74. The molecule has 2 aromatic rings. The van der Waals surface area contributed by atoms with Crippen molar-refractivity contribution in [3.05, 3.63) is 53.2 Å². The number of halogens is 3. The Morgan fingerprint density at radius 1 is 1.33 bits per heavy atom. The van der Waals surface area contributed by atoms with E-state index in [4.69, 9.17) is 16.3 Å². The molecule has 128 valence electrons. The quantitative estimate of drug-likeness (QED) is 0.795. The standard InChI is InChI=1S/C16H16ClF2N3O2/c17-12-2-1-3-14(7-12)22-16(23)21-9-11-4-5-20-15(6-11)24-10-13(19)8-18/h1-7,13H,8-10H2,(H2,21,22,23). The van der Waals surface area contributed by atoms with Crippen molar-refractivity contribution < 1.29 is 18.3 Å². The fourth-order valence-electron chi connectivity index (χ4n) is 1.78. The molecule has 0 radical (unpaired) electrons. The van der Waals surface area contributed by atoms with Gasteiger partial charge in [0.2, 0.25) is 5.88 Å². The van der Waals surface area contributed by atoms with Gasteiger partial charge in [-0.1, -0.05) is 17.7 Å². The largest absolute Gasteiger partial charge is 0.474 e. The van der Waals surface area contributed by atoms with Crippen LogP contribution in [0.2, 0.25) is 5.02 Å². The fraction of sp³-hybridized carbons (Fsp3) is 0.250. The summed E-state index contributed by atoms with van der Waals surface area (Å²) in [4.78, 5) is 15.7. The van der Waals surface area contributed by atoms with Gasteiger partial charge in [0.05, 0.1) is 0 Å². The van der Waals surface area contributed by atoms with Crippen LogP contribution in [0.5, 0.6) is 5.88 Å². The van der Waals surface area contributed by atoms with Gasteiger partial charge in [-0.3, -0.25) is 0 Å². The topological polar surface area (TPSA) is 63.2 Å². The molecule has 5 nitrogen and oxygen atoms in total. The molecule has 0 fully saturated rings. The van der Waals surface area contributed by atoms with E-state index in [9.17, 15) is 13.6 Å². The zero-order valence-corrected chi connectivity index (χ0v) is 13.4. The average Bonchev–Trinajstić information content (AvgIpc) is 2.58. The van der Waals surface area contributed by atoms with E-state index in [1.807, 2.05) is 0 Å². The van der Waals surface area contributed by atoms with E-state index >= 15 is 0 Å². The number of pyridine rings is 1. The maximum absolute atomic E-state index is 12.8. The summed E-state index contributed by atoms with van der Waals surface area (Å²) in [7, 11) is 0. The lowest BCUT2D eigenvalue weighted by atomic mass is 10.2. The molecule has 0 aliphatic carbocycles. The minimum Gasteiger partial charge on any atom is -0.474 e. The molecule has 0 aliphatic heterocycles. The van der Waals surface area contributed by atoms with Crippen molar-refractivity contribution in [1.29, 1.82) is 0 Å². The molecule has 2 N–H and O–H groups in total. The number of carbonyl (C=O) groups is 1. The van der Waals surface area contributed by atoms with Gasteiger partial charge in [0, 0.05) is 29.5 Å². The molecule has 0 saturated carbocycles. The van der Waals surface area contributed by atoms with Crippen molar-refractivity contribution in [2.75, 3.05) is 18.6 Å². The molecule has 1 aromatic carbocycles. The summed E-state index contributed by atoms with van der Waals surface area (Å²) in [6.45, 7) is -1.30. The van der Waals surface area contributed by atoms with Crippen LogP contribution >= 0.6 is 11.6 Å². The second-order valence-electron chi connectivity index (χ2n) is 4.88. The SMILES string of the molecule is O=C(NCc1ccnc(OCC(F)CF)c1)Nc1cccc(Cl)c1. The second-order valence-corrected chi connectivity index (χ2v) is 5.32. The third kappa shape index (κ3) is 6.00. The number of ether oxygens (including phenoxy) is 1. The summed E-state index contributed by atoms with van der Waals surface area (Å²) in [5, 5.41) is 5.82. The van der Waals surface area contributed by atoms with Gasteiger partial charge in [0.15, 0.2) is 6.17 Å². The average molecular weight is 356 g/mol. The smallest absolute Gasteiger partial charge is 0.319 e. The number of alkyl halides is 2. The van der Waals surface area contributed by atoms with Crippen molar-refractivity contribution in [3.63, 3.8) is 0 Å². The number of urea groups is 1. The summed E-state index contributed by atoms with van der Waals surface area (Å²) in [5.74, 6) is 0.167. The number of rotatable bonds is 7. The first kappa shape index (κ1) is 17.9. The zero-order chi connectivity index (χ0) is 17.4. The van der Waals surface area contributed by atoms with Crippen molar-refractivity contribution >= 4 is 23.3 Å². The Bertz CT molecular complexity index is 688. The van der Waals surface area contributed by atoms with Gasteiger partial charge >= 0.3 is 6.03 Å². The molecule has 1 atom stereocenters. The van der Waals surface area contributed by atoms with E-state index in [0.717, 1.165) is 0 Å². The lowest BCUT2D eigenvalue weighted by Crippen LogP contribution is -2.28. The summed E-state index contributed by atoms with van der Waals surface area (Å²) < 4.78 is 29.9. The van der Waals surface area contributed by atoms with E-state index in [1.165, 1.54) is 6.20 Å². The number of hydrogen-bond donors (Lipinski definition) is 2. The van der Waals surface area contributed by atoms with Crippen LogP contribution in [0.3, 0.4) is 0 Å². The van der Waals surface area contributed by atoms with E-state index < -0.39 is 25.5 Å². The fourth-order valence-corrected chi connectivity index (χ4v) is 1.97. The molecule has 2 rings (SSSR count). The van der Waals surface area contributed by atoms with E-state index in [0.29, 0.717) is 16.3 Å². The molecule has 1 unspecified atom stereocenters. The number of aromatic nitrogens is 1. The van der Waals surface area contributed by atoms with Crippen LogP contribution in [0.1, 0.15) is 5.56 Å². The van der Waals surface area contributed by atoms with Gasteiger partial charge in [-0.2, -0.15) is 0 Å². The minimum atomic E-state index is -1.68. The molecule has 24 heavy (non-hydrogen) atoms. The Morgan fingerprint density at radius 2 is 2.17 bits per heavy atom. The summed E-state index contributed by atoms with van der Waals surface area (Å²) >= 11 is 5.84. The molecular formula is C16H16ClF2N3O2. The molecule has 1 aromatic heterocycles. The van der Waals surface area contributed by atoms with Crippen LogP contribution in [0.4, 0.5) is 19.3 Å². The predicted molar refractivity (Wildman–Crippen MR) is 87.9 cm³/mol. The van der Waals surface area contributed by atoms with Crippen molar-refractivity contribution in [2.45, 2.75) is 12.7 Å². The van der Waals surface area contributed by atoms with Gasteiger partial charge < -0.3 is 15.4 Å². The predicted octanol–water partition coefficient (Wildman–Crippen LogP) is 3.74. The molecule has 8 heteroatoms. The normalized spacial score (nSPS) is 11.6. The Labute approximate surface area is 143 Å².